The zero-order chi connectivity index (χ0) is 30.2. The summed E-state index contributed by atoms with van der Waals surface area (Å²) in [5, 5.41) is 12.3. The van der Waals surface area contributed by atoms with Crippen LogP contribution in [0, 0.1) is 11.3 Å². The van der Waals surface area contributed by atoms with E-state index in [1.807, 2.05) is 48.5 Å². The first-order valence-corrected chi connectivity index (χ1v) is 15.6. The van der Waals surface area contributed by atoms with E-state index in [-0.39, 0.29) is 0 Å². The number of nitrogens with zero attached hydrogens (tertiary/aromatic N) is 3. The molecule has 3 nitrogen and oxygen atoms in total. The largest absolute Gasteiger partial charge is 0.228 e. The molecule has 0 amide bonds. The molecule has 0 aliphatic carbocycles. The van der Waals surface area contributed by atoms with Gasteiger partial charge in [0.1, 0.15) is 0 Å². The maximum absolute atomic E-state index is 10.2. The van der Waals surface area contributed by atoms with Crippen LogP contribution in [0.2, 0.25) is 0 Å². The van der Waals surface area contributed by atoms with Crippen LogP contribution in [0.5, 0.6) is 0 Å². The van der Waals surface area contributed by atoms with Gasteiger partial charge < -0.3 is 0 Å². The molecule has 0 bridgehead atoms. The Labute approximate surface area is 265 Å². The van der Waals surface area contributed by atoms with Crippen molar-refractivity contribution in [3.05, 3.63) is 157 Å². The van der Waals surface area contributed by atoms with Crippen LogP contribution in [-0.4, -0.2) is 9.97 Å². The fourth-order valence-corrected chi connectivity index (χ4v) is 7.09. The van der Waals surface area contributed by atoms with E-state index in [1.165, 1.54) is 0 Å². The molecule has 8 aromatic rings. The standard InChI is InChI=1S/C41H25N3S/c42-26-34-23-33(24-39-40(34)35-18-10-11-19-38(35)45-39)41-43-36(29-16-8-3-9-17-29)25-37(44-41)32-21-30(27-12-4-1-5-13-27)20-31(22-32)28-14-6-2-7-15-28/h1-25H. The SMILES string of the molecule is N#Cc1cc(-c2nc(-c3ccccc3)cc(-c3cc(-c4ccccc4)cc(-c4ccccc4)c3)n2)cc2sc3ccccc3c12. The molecule has 0 radical (unpaired) electrons. The summed E-state index contributed by atoms with van der Waals surface area (Å²) in [5.41, 5.74) is 9.64. The molecule has 0 atom stereocenters. The van der Waals surface area contributed by atoms with E-state index >= 15 is 0 Å². The van der Waals surface area contributed by atoms with E-state index in [4.69, 9.17) is 9.97 Å². The number of thiophene rings is 1. The highest BCUT2D eigenvalue weighted by molar-refractivity contribution is 7.25. The smallest absolute Gasteiger partial charge is 0.160 e. The summed E-state index contributed by atoms with van der Waals surface area (Å²) >= 11 is 1.69. The number of hydrogen-bond acceptors (Lipinski definition) is 4. The fraction of sp³-hybridized carbons (Fsp3) is 0. The molecular formula is C41H25N3S. The minimum Gasteiger partial charge on any atom is -0.228 e. The number of benzene rings is 6. The van der Waals surface area contributed by atoms with Gasteiger partial charge in [0.15, 0.2) is 5.82 Å². The molecule has 0 unspecified atom stereocenters. The number of aromatic nitrogens is 2. The summed E-state index contributed by atoms with van der Waals surface area (Å²) in [6.45, 7) is 0. The summed E-state index contributed by atoms with van der Waals surface area (Å²) in [4.78, 5) is 10.3. The third-order valence-electron chi connectivity index (χ3n) is 8.10. The summed E-state index contributed by atoms with van der Waals surface area (Å²) in [6, 6.07) is 54.6. The zero-order valence-corrected chi connectivity index (χ0v) is 25.0. The van der Waals surface area contributed by atoms with Gasteiger partial charge in [0.25, 0.3) is 0 Å². The van der Waals surface area contributed by atoms with Crippen LogP contribution < -0.4 is 0 Å². The maximum Gasteiger partial charge on any atom is 0.160 e. The van der Waals surface area contributed by atoms with Crippen LogP contribution in [-0.2, 0) is 0 Å². The van der Waals surface area contributed by atoms with E-state index in [1.54, 1.807) is 11.3 Å². The maximum atomic E-state index is 10.2. The van der Waals surface area contributed by atoms with E-state index < -0.39 is 0 Å². The lowest BCUT2D eigenvalue weighted by atomic mass is 9.94. The molecule has 4 heteroatoms. The summed E-state index contributed by atoms with van der Waals surface area (Å²) < 4.78 is 2.21. The quantitative estimate of drug-likeness (QED) is 0.200. The van der Waals surface area contributed by atoms with Gasteiger partial charge in [-0.2, -0.15) is 5.26 Å². The highest BCUT2D eigenvalue weighted by Gasteiger charge is 2.17. The van der Waals surface area contributed by atoms with Gasteiger partial charge in [-0.25, -0.2) is 9.97 Å². The van der Waals surface area contributed by atoms with Crippen molar-refractivity contribution < 1.29 is 0 Å². The van der Waals surface area contributed by atoms with Gasteiger partial charge in [0.2, 0.25) is 0 Å². The Hall–Kier alpha value is -5.89. The van der Waals surface area contributed by atoms with Crippen LogP contribution >= 0.6 is 11.3 Å². The van der Waals surface area contributed by atoms with Crippen molar-refractivity contribution in [1.29, 1.82) is 5.26 Å². The Morgan fingerprint density at radius 3 is 1.60 bits per heavy atom. The van der Waals surface area contributed by atoms with Crippen molar-refractivity contribution in [3.63, 3.8) is 0 Å². The average molecular weight is 592 g/mol. The van der Waals surface area contributed by atoms with Gasteiger partial charge >= 0.3 is 0 Å². The molecule has 45 heavy (non-hydrogen) atoms. The lowest BCUT2D eigenvalue weighted by Crippen LogP contribution is -1.97. The number of nitriles is 1. The average Bonchev–Trinajstić information content (AvgIpc) is 3.51. The van der Waals surface area contributed by atoms with Crippen molar-refractivity contribution in [1.82, 2.24) is 9.97 Å². The van der Waals surface area contributed by atoms with E-state index in [9.17, 15) is 5.26 Å². The van der Waals surface area contributed by atoms with E-state index in [0.717, 1.165) is 70.5 Å². The second-order valence-electron chi connectivity index (χ2n) is 11.0. The minimum atomic E-state index is 0.591. The number of fused-ring (bicyclic) bond motifs is 3. The minimum absolute atomic E-state index is 0.591. The fourth-order valence-electron chi connectivity index (χ4n) is 5.92. The Balaban J connectivity index is 1.37. The van der Waals surface area contributed by atoms with E-state index in [0.29, 0.717) is 11.4 Å². The first-order chi connectivity index (χ1) is 22.2. The van der Waals surface area contributed by atoms with Crippen LogP contribution in [0.1, 0.15) is 5.56 Å². The molecule has 0 spiro atoms. The summed E-state index contributed by atoms with van der Waals surface area (Å²) in [7, 11) is 0. The molecule has 0 N–H and O–H groups in total. The van der Waals surface area contributed by atoms with Crippen molar-refractivity contribution in [2.75, 3.05) is 0 Å². The molecule has 2 heterocycles. The second kappa shape index (κ2) is 11.3. The van der Waals surface area contributed by atoms with Gasteiger partial charge in [-0.1, -0.05) is 109 Å². The van der Waals surface area contributed by atoms with Gasteiger partial charge in [-0.05, 0) is 64.7 Å². The van der Waals surface area contributed by atoms with E-state index in [2.05, 4.69) is 109 Å². The highest BCUT2D eigenvalue weighted by Crippen LogP contribution is 2.39. The molecule has 0 saturated carbocycles. The lowest BCUT2D eigenvalue weighted by molar-refractivity contribution is 1.18. The summed E-state index contributed by atoms with van der Waals surface area (Å²) in [6.07, 6.45) is 0. The van der Waals surface area contributed by atoms with Crippen molar-refractivity contribution in [2.24, 2.45) is 0 Å². The zero-order valence-electron chi connectivity index (χ0n) is 24.2. The van der Waals surface area contributed by atoms with Crippen molar-refractivity contribution in [3.8, 4) is 62.2 Å². The molecule has 210 valence electrons. The first-order valence-electron chi connectivity index (χ1n) is 14.8. The molecule has 8 rings (SSSR count). The van der Waals surface area contributed by atoms with Crippen LogP contribution in [0.15, 0.2) is 152 Å². The molecule has 0 saturated heterocycles. The van der Waals surface area contributed by atoms with Crippen LogP contribution in [0.25, 0.3) is 76.3 Å². The number of hydrogen-bond donors (Lipinski definition) is 0. The Kier molecular flexibility index (Phi) is 6.72. The Morgan fingerprint density at radius 2 is 0.978 bits per heavy atom. The third-order valence-corrected chi connectivity index (χ3v) is 9.21. The molecule has 0 aliphatic heterocycles. The predicted molar refractivity (Wildman–Crippen MR) is 187 cm³/mol. The van der Waals surface area contributed by atoms with Crippen molar-refractivity contribution in [2.45, 2.75) is 0 Å². The Morgan fingerprint density at radius 1 is 0.444 bits per heavy atom. The van der Waals surface area contributed by atoms with Crippen molar-refractivity contribution >= 4 is 31.5 Å². The van der Waals surface area contributed by atoms with Gasteiger partial charge in [0, 0.05) is 36.9 Å². The number of rotatable bonds is 5. The lowest BCUT2D eigenvalue weighted by Gasteiger charge is -2.13. The van der Waals surface area contributed by atoms with Gasteiger partial charge in [0.05, 0.1) is 23.0 Å². The normalized spacial score (nSPS) is 11.1. The Bertz CT molecular complexity index is 2310. The first kappa shape index (κ1) is 26.7. The second-order valence-corrected chi connectivity index (χ2v) is 12.0. The van der Waals surface area contributed by atoms with Gasteiger partial charge in [-0.15, -0.1) is 11.3 Å². The van der Waals surface area contributed by atoms with Gasteiger partial charge in [-0.3, -0.25) is 0 Å². The van der Waals surface area contributed by atoms with Crippen LogP contribution in [0.4, 0.5) is 0 Å². The summed E-state index contributed by atoms with van der Waals surface area (Å²) in [5.74, 6) is 0.591. The third kappa shape index (κ3) is 5.06. The molecular weight excluding hydrogens is 567 g/mol. The van der Waals surface area contributed by atoms with Crippen LogP contribution in [0.3, 0.4) is 0 Å². The molecule has 2 aromatic heterocycles. The molecule has 6 aromatic carbocycles. The molecule has 0 fully saturated rings. The molecule has 0 aliphatic rings. The highest BCUT2D eigenvalue weighted by atomic mass is 32.1. The monoisotopic (exact) mass is 591 g/mol. The topological polar surface area (TPSA) is 49.6 Å². The predicted octanol–water partition coefficient (Wildman–Crippen LogP) is 11.1.